The first kappa shape index (κ1) is 8.40. The van der Waals surface area contributed by atoms with E-state index in [1.807, 2.05) is 0 Å². The van der Waals surface area contributed by atoms with Gasteiger partial charge in [0.15, 0.2) is 5.76 Å². The lowest BCUT2D eigenvalue weighted by atomic mass is 10.2. The standard InChI is InChI=1S/C6H10F2O/c1-4(2)5(9-3)6(7)8/h4H,1-3H3. The number of rotatable bonds is 2. The molecule has 0 amide bonds. The molecule has 0 aromatic heterocycles. The highest BCUT2D eigenvalue weighted by atomic mass is 19.3. The number of halogens is 2. The summed E-state index contributed by atoms with van der Waals surface area (Å²) in [6.45, 7) is 3.30. The molecule has 0 radical (unpaired) electrons. The third-order valence-electron chi connectivity index (χ3n) is 0.931. The molecule has 0 bridgehead atoms. The first-order valence-corrected chi connectivity index (χ1v) is 2.68. The van der Waals surface area contributed by atoms with Crippen molar-refractivity contribution in [2.45, 2.75) is 13.8 Å². The van der Waals surface area contributed by atoms with E-state index in [4.69, 9.17) is 0 Å². The Kier molecular flexibility index (Phi) is 3.20. The Balaban J connectivity index is 4.16. The summed E-state index contributed by atoms with van der Waals surface area (Å²) in [6.07, 6.45) is -1.73. The van der Waals surface area contributed by atoms with E-state index in [0.29, 0.717) is 0 Å². The average molecular weight is 136 g/mol. The molecule has 0 aromatic carbocycles. The molecule has 0 aromatic rings. The Labute approximate surface area is 53.3 Å². The van der Waals surface area contributed by atoms with Crippen LogP contribution in [0.1, 0.15) is 13.8 Å². The molecule has 0 N–H and O–H groups in total. The molecule has 54 valence electrons. The second-order valence-corrected chi connectivity index (χ2v) is 1.98. The van der Waals surface area contributed by atoms with Gasteiger partial charge in [-0.2, -0.15) is 8.78 Å². The van der Waals surface area contributed by atoms with Crippen molar-refractivity contribution in [2.24, 2.45) is 5.92 Å². The highest BCUT2D eigenvalue weighted by Gasteiger charge is 2.09. The van der Waals surface area contributed by atoms with Crippen LogP contribution in [0.3, 0.4) is 0 Å². The molecule has 0 spiro atoms. The van der Waals surface area contributed by atoms with Gasteiger partial charge in [0, 0.05) is 5.92 Å². The minimum absolute atomic E-state index is 0.227. The van der Waals surface area contributed by atoms with Crippen molar-refractivity contribution in [3.63, 3.8) is 0 Å². The van der Waals surface area contributed by atoms with Crippen LogP contribution in [-0.4, -0.2) is 7.11 Å². The maximum Gasteiger partial charge on any atom is 0.307 e. The van der Waals surface area contributed by atoms with Gasteiger partial charge in [-0.05, 0) is 0 Å². The molecule has 0 saturated heterocycles. The van der Waals surface area contributed by atoms with Gasteiger partial charge in [0.1, 0.15) is 0 Å². The van der Waals surface area contributed by atoms with Crippen LogP contribution in [0.2, 0.25) is 0 Å². The molecule has 0 rings (SSSR count). The summed E-state index contributed by atoms with van der Waals surface area (Å²) < 4.78 is 27.8. The van der Waals surface area contributed by atoms with E-state index in [2.05, 4.69) is 4.74 Å². The molecule has 0 aliphatic rings. The molecule has 0 aliphatic heterocycles. The third kappa shape index (κ3) is 2.44. The van der Waals surface area contributed by atoms with E-state index in [-0.39, 0.29) is 11.7 Å². The quantitative estimate of drug-likeness (QED) is 0.529. The molecule has 0 aliphatic carbocycles. The average Bonchev–Trinajstić information content (AvgIpc) is 1.64. The Morgan fingerprint density at radius 3 is 1.78 bits per heavy atom. The predicted molar refractivity (Wildman–Crippen MR) is 31.1 cm³/mol. The fourth-order valence-corrected chi connectivity index (χ4v) is 0.531. The van der Waals surface area contributed by atoms with Crippen LogP contribution in [0, 0.1) is 5.92 Å². The highest BCUT2D eigenvalue weighted by Crippen LogP contribution is 2.16. The van der Waals surface area contributed by atoms with E-state index in [1.54, 1.807) is 13.8 Å². The number of hydrogen-bond donors (Lipinski definition) is 0. The first-order chi connectivity index (χ1) is 4.09. The minimum Gasteiger partial charge on any atom is -0.495 e. The summed E-state index contributed by atoms with van der Waals surface area (Å²) in [4.78, 5) is 0. The van der Waals surface area contributed by atoms with Crippen molar-refractivity contribution < 1.29 is 13.5 Å². The summed E-state index contributed by atoms with van der Waals surface area (Å²) in [5.74, 6) is -0.463. The van der Waals surface area contributed by atoms with Crippen LogP contribution >= 0.6 is 0 Å². The number of hydrogen-bond acceptors (Lipinski definition) is 1. The molecular weight excluding hydrogens is 126 g/mol. The van der Waals surface area contributed by atoms with E-state index in [0.717, 1.165) is 0 Å². The molecule has 0 saturated carbocycles. The number of methoxy groups -OCH3 is 1. The Morgan fingerprint density at radius 1 is 1.33 bits per heavy atom. The monoisotopic (exact) mass is 136 g/mol. The summed E-state index contributed by atoms with van der Waals surface area (Å²) in [7, 11) is 1.24. The van der Waals surface area contributed by atoms with E-state index < -0.39 is 6.08 Å². The van der Waals surface area contributed by atoms with E-state index in [1.165, 1.54) is 7.11 Å². The van der Waals surface area contributed by atoms with Gasteiger partial charge in [-0.25, -0.2) is 0 Å². The Bertz CT molecular complexity index is 114. The Hall–Kier alpha value is -0.600. The van der Waals surface area contributed by atoms with Crippen molar-refractivity contribution in [3.8, 4) is 0 Å². The van der Waals surface area contributed by atoms with E-state index >= 15 is 0 Å². The summed E-state index contributed by atoms with van der Waals surface area (Å²) >= 11 is 0. The van der Waals surface area contributed by atoms with Crippen LogP contribution in [0.25, 0.3) is 0 Å². The van der Waals surface area contributed by atoms with Crippen molar-refractivity contribution >= 4 is 0 Å². The fraction of sp³-hybridized carbons (Fsp3) is 0.667. The van der Waals surface area contributed by atoms with Crippen molar-refractivity contribution in [3.05, 3.63) is 11.8 Å². The van der Waals surface area contributed by atoms with Crippen LogP contribution in [0.4, 0.5) is 8.78 Å². The smallest absolute Gasteiger partial charge is 0.307 e. The van der Waals surface area contributed by atoms with Gasteiger partial charge in [0.2, 0.25) is 0 Å². The molecule has 0 fully saturated rings. The van der Waals surface area contributed by atoms with Crippen LogP contribution in [-0.2, 0) is 4.74 Å². The predicted octanol–water partition coefficient (Wildman–Crippen LogP) is 2.40. The van der Waals surface area contributed by atoms with Crippen LogP contribution in [0.15, 0.2) is 11.8 Å². The first-order valence-electron chi connectivity index (χ1n) is 2.68. The maximum atomic E-state index is 11.7. The number of allylic oxidation sites excluding steroid dienone is 1. The zero-order valence-electron chi connectivity index (χ0n) is 5.74. The molecule has 3 heteroatoms. The second kappa shape index (κ2) is 3.43. The van der Waals surface area contributed by atoms with Gasteiger partial charge in [0.25, 0.3) is 0 Å². The van der Waals surface area contributed by atoms with Gasteiger partial charge in [-0.15, -0.1) is 0 Å². The third-order valence-corrected chi connectivity index (χ3v) is 0.931. The zero-order valence-corrected chi connectivity index (χ0v) is 5.74. The van der Waals surface area contributed by atoms with Gasteiger partial charge in [-0.3, -0.25) is 0 Å². The maximum absolute atomic E-state index is 11.7. The second-order valence-electron chi connectivity index (χ2n) is 1.98. The number of ether oxygens (including phenoxy) is 1. The lowest BCUT2D eigenvalue weighted by Gasteiger charge is -2.06. The summed E-state index contributed by atoms with van der Waals surface area (Å²) in [5.41, 5.74) is 0. The molecule has 0 atom stereocenters. The normalized spacial score (nSPS) is 9.56. The summed E-state index contributed by atoms with van der Waals surface area (Å²) in [5, 5.41) is 0. The molecule has 1 nitrogen and oxygen atoms in total. The van der Waals surface area contributed by atoms with Gasteiger partial charge < -0.3 is 4.74 Å². The van der Waals surface area contributed by atoms with Crippen molar-refractivity contribution in [1.29, 1.82) is 0 Å². The highest BCUT2D eigenvalue weighted by molar-refractivity contribution is 4.95. The Morgan fingerprint density at radius 2 is 1.78 bits per heavy atom. The van der Waals surface area contributed by atoms with Crippen molar-refractivity contribution in [2.75, 3.05) is 7.11 Å². The zero-order chi connectivity index (χ0) is 7.44. The van der Waals surface area contributed by atoms with E-state index in [9.17, 15) is 8.78 Å². The van der Waals surface area contributed by atoms with Gasteiger partial charge >= 0.3 is 6.08 Å². The molecule has 0 unspecified atom stereocenters. The fourth-order valence-electron chi connectivity index (χ4n) is 0.531. The van der Waals surface area contributed by atoms with Gasteiger partial charge in [-0.1, -0.05) is 13.8 Å². The summed E-state index contributed by atoms with van der Waals surface area (Å²) in [6, 6.07) is 0. The topological polar surface area (TPSA) is 9.23 Å². The van der Waals surface area contributed by atoms with Gasteiger partial charge in [0.05, 0.1) is 7.11 Å². The largest absolute Gasteiger partial charge is 0.495 e. The lowest BCUT2D eigenvalue weighted by molar-refractivity contribution is 0.213. The molecule has 9 heavy (non-hydrogen) atoms. The van der Waals surface area contributed by atoms with Crippen molar-refractivity contribution in [1.82, 2.24) is 0 Å². The SMILES string of the molecule is COC(=C(F)F)C(C)C. The molecule has 0 heterocycles. The lowest BCUT2D eigenvalue weighted by Crippen LogP contribution is -1.97. The minimum atomic E-state index is -1.73. The van der Waals surface area contributed by atoms with Crippen LogP contribution < -0.4 is 0 Å². The molecular formula is C6H10F2O. The van der Waals surface area contributed by atoms with Crippen LogP contribution in [0.5, 0.6) is 0 Å².